The number of carbonyl (C=O) groups is 1. The molecule has 3 aromatic rings. The van der Waals surface area contributed by atoms with E-state index in [1.807, 2.05) is 48.2 Å². The molecule has 0 radical (unpaired) electrons. The van der Waals surface area contributed by atoms with Gasteiger partial charge in [-0.1, -0.05) is 36.4 Å². The van der Waals surface area contributed by atoms with Crippen molar-refractivity contribution in [3.05, 3.63) is 71.0 Å². The standard InChI is InChI=1S/C21H21N3O2S/c1-15-9-10-17(20(25)24-11-5-6-12-24)14-18(15)26-21-22-19(23-27-21)13-16-7-3-2-4-8-16/h2-4,7-10,14H,5-6,11-13H2,1H3. The summed E-state index contributed by atoms with van der Waals surface area (Å²) < 4.78 is 10.3. The van der Waals surface area contributed by atoms with Crippen LogP contribution in [0.2, 0.25) is 0 Å². The highest BCUT2D eigenvalue weighted by Gasteiger charge is 2.20. The molecule has 0 atom stereocenters. The van der Waals surface area contributed by atoms with E-state index in [2.05, 4.69) is 21.5 Å². The molecule has 27 heavy (non-hydrogen) atoms. The highest BCUT2D eigenvalue weighted by molar-refractivity contribution is 7.07. The molecule has 4 rings (SSSR count). The molecule has 0 bridgehead atoms. The summed E-state index contributed by atoms with van der Waals surface area (Å²) in [6.07, 6.45) is 2.83. The Morgan fingerprint density at radius 1 is 1.15 bits per heavy atom. The van der Waals surface area contributed by atoms with E-state index in [1.54, 1.807) is 0 Å². The topological polar surface area (TPSA) is 55.3 Å². The molecule has 6 heteroatoms. The summed E-state index contributed by atoms with van der Waals surface area (Å²) in [4.78, 5) is 19.0. The second-order valence-electron chi connectivity index (χ2n) is 6.72. The number of aryl methyl sites for hydroxylation is 1. The summed E-state index contributed by atoms with van der Waals surface area (Å²) >= 11 is 1.23. The highest BCUT2D eigenvalue weighted by Crippen LogP contribution is 2.28. The second-order valence-corrected chi connectivity index (χ2v) is 7.43. The molecule has 138 valence electrons. The van der Waals surface area contributed by atoms with Gasteiger partial charge in [0, 0.05) is 36.6 Å². The van der Waals surface area contributed by atoms with Gasteiger partial charge in [-0.15, -0.1) is 0 Å². The molecule has 1 saturated heterocycles. The Labute approximate surface area is 162 Å². The van der Waals surface area contributed by atoms with Crippen LogP contribution < -0.4 is 4.74 Å². The molecular weight excluding hydrogens is 358 g/mol. The van der Waals surface area contributed by atoms with Gasteiger partial charge < -0.3 is 9.64 Å². The van der Waals surface area contributed by atoms with Crippen molar-refractivity contribution in [2.45, 2.75) is 26.2 Å². The Hall–Kier alpha value is -2.73. The van der Waals surface area contributed by atoms with Gasteiger partial charge in [-0.3, -0.25) is 4.79 Å². The smallest absolute Gasteiger partial charge is 0.298 e. The van der Waals surface area contributed by atoms with Gasteiger partial charge in [0.15, 0.2) is 5.82 Å². The summed E-state index contributed by atoms with van der Waals surface area (Å²) in [5.74, 6) is 1.46. The van der Waals surface area contributed by atoms with Gasteiger partial charge in [-0.2, -0.15) is 9.36 Å². The summed E-state index contributed by atoms with van der Waals surface area (Å²) in [5.41, 5.74) is 2.79. The first-order valence-electron chi connectivity index (χ1n) is 9.13. The van der Waals surface area contributed by atoms with E-state index >= 15 is 0 Å². The molecular formula is C21H21N3O2S. The maximum absolute atomic E-state index is 12.6. The monoisotopic (exact) mass is 379 g/mol. The number of hydrogen-bond acceptors (Lipinski definition) is 5. The zero-order chi connectivity index (χ0) is 18.6. The Kier molecular flexibility index (Phi) is 5.16. The minimum absolute atomic E-state index is 0.0689. The molecule has 5 nitrogen and oxygen atoms in total. The van der Waals surface area contributed by atoms with Crippen LogP contribution in [0, 0.1) is 6.92 Å². The normalized spacial score (nSPS) is 13.7. The first-order valence-corrected chi connectivity index (χ1v) is 9.91. The van der Waals surface area contributed by atoms with Gasteiger partial charge in [0.25, 0.3) is 11.1 Å². The molecule has 1 aliphatic heterocycles. The van der Waals surface area contributed by atoms with Gasteiger partial charge in [0.05, 0.1) is 0 Å². The lowest BCUT2D eigenvalue weighted by Gasteiger charge is -2.16. The number of carbonyl (C=O) groups excluding carboxylic acids is 1. The number of rotatable bonds is 5. The number of benzene rings is 2. The van der Waals surface area contributed by atoms with E-state index in [0.29, 0.717) is 22.9 Å². The Morgan fingerprint density at radius 3 is 2.70 bits per heavy atom. The molecule has 1 amide bonds. The van der Waals surface area contributed by atoms with Crippen molar-refractivity contribution in [3.8, 4) is 10.9 Å². The maximum Gasteiger partial charge on any atom is 0.298 e. The Morgan fingerprint density at radius 2 is 1.93 bits per heavy atom. The Bertz CT molecular complexity index is 934. The number of aromatic nitrogens is 2. The van der Waals surface area contributed by atoms with Crippen LogP contribution in [0.3, 0.4) is 0 Å². The average molecular weight is 379 g/mol. The van der Waals surface area contributed by atoms with Crippen LogP contribution in [0.5, 0.6) is 10.9 Å². The number of amides is 1. The van der Waals surface area contributed by atoms with Crippen LogP contribution in [0.15, 0.2) is 48.5 Å². The largest absolute Gasteiger partial charge is 0.430 e. The summed E-state index contributed by atoms with van der Waals surface area (Å²) in [6.45, 7) is 3.63. The van der Waals surface area contributed by atoms with E-state index in [1.165, 1.54) is 11.5 Å². The molecule has 0 aliphatic carbocycles. The molecule has 1 fully saturated rings. The van der Waals surface area contributed by atoms with Crippen LogP contribution in [0.1, 0.15) is 40.2 Å². The first-order chi connectivity index (χ1) is 13.2. The van der Waals surface area contributed by atoms with Crippen LogP contribution in [-0.4, -0.2) is 33.3 Å². The van der Waals surface area contributed by atoms with Crippen molar-refractivity contribution in [3.63, 3.8) is 0 Å². The van der Waals surface area contributed by atoms with E-state index in [-0.39, 0.29) is 5.91 Å². The Balaban J connectivity index is 1.49. The molecule has 1 aliphatic rings. The third kappa shape index (κ3) is 4.17. The third-order valence-corrected chi connectivity index (χ3v) is 5.31. The summed E-state index contributed by atoms with van der Waals surface area (Å²) in [6, 6.07) is 15.7. The molecule has 0 saturated carbocycles. The van der Waals surface area contributed by atoms with E-state index in [0.717, 1.165) is 42.9 Å². The fourth-order valence-corrected chi connectivity index (χ4v) is 3.73. The predicted octanol–water partition coefficient (Wildman–Crippen LogP) is 4.47. The number of likely N-dealkylation sites (tertiary alicyclic amines) is 1. The third-order valence-electron chi connectivity index (χ3n) is 4.68. The van der Waals surface area contributed by atoms with Gasteiger partial charge in [0.2, 0.25) is 0 Å². The first kappa shape index (κ1) is 17.7. The van der Waals surface area contributed by atoms with E-state index < -0.39 is 0 Å². The van der Waals surface area contributed by atoms with Gasteiger partial charge in [0.1, 0.15) is 5.75 Å². The van der Waals surface area contributed by atoms with Crippen LogP contribution >= 0.6 is 11.5 Å². The average Bonchev–Trinajstić information content (AvgIpc) is 3.36. The lowest BCUT2D eigenvalue weighted by atomic mass is 10.1. The zero-order valence-corrected chi connectivity index (χ0v) is 16.0. The van der Waals surface area contributed by atoms with Gasteiger partial charge in [-0.05, 0) is 43.0 Å². The minimum Gasteiger partial charge on any atom is -0.430 e. The number of nitrogens with zero attached hydrogens (tertiary/aromatic N) is 3. The molecule has 0 N–H and O–H groups in total. The number of ether oxygens (including phenoxy) is 1. The van der Waals surface area contributed by atoms with E-state index in [9.17, 15) is 4.79 Å². The van der Waals surface area contributed by atoms with Gasteiger partial charge >= 0.3 is 0 Å². The minimum atomic E-state index is 0.0689. The highest BCUT2D eigenvalue weighted by atomic mass is 32.1. The van der Waals surface area contributed by atoms with Crippen molar-refractivity contribution in [1.29, 1.82) is 0 Å². The lowest BCUT2D eigenvalue weighted by Crippen LogP contribution is -2.27. The maximum atomic E-state index is 12.6. The van der Waals surface area contributed by atoms with Crippen molar-refractivity contribution >= 4 is 17.4 Å². The summed E-state index contributed by atoms with van der Waals surface area (Å²) in [5, 5.41) is 0.495. The predicted molar refractivity (Wildman–Crippen MR) is 106 cm³/mol. The van der Waals surface area contributed by atoms with Crippen LogP contribution in [-0.2, 0) is 6.42 Å². The van der Waals surface area contributed by atoms with Gasteiger partial charge in [-0.25, -0.2) is 0 Å². The lowest BCUT2D eigenvalue weighted by molar-refractivity contribution is 0.0792. The molecule has 2 aromatic carbocycles. The van der Waals surface area contributed by atoms with Crippen molar-refractivity contribution in [2.24, 2.45) is 0 Å². The summed E-state index contributed by atoms with van der Waals surface area (Å²) in [7, 11) is 0. The van der Waals surface area contributed by atoms with Crippen molar-refractivity contribution in [2.75, 3.05) is 13.1 Å². The van der Waals surface area contributed by atoms with Crippen LogP contribution in [0.25, 0.3) is 0 Å². The molecule has 1 aromatic heterocycles. The number of hydrogen-bond donors (Lipinski definition) is 0. The fourth-order valence-electron chi connectivity index (χ4n) is 3.17. The fraction of sp³-hybridized carbons (Fsp3) is 0.286. The SMILES string of the molecule is Cc1ccc(C(=O)N2CCCC2)cc1Oc1nc(Cc2ccccc2)ns1. The van der Waals surface area contributed by atoms with Crippen molar-refractivity contribution < 1.29 is 9.53 Å². The van der Waals surface area contributed by atoms with E-state index in [4.69, 9.17) is 4.74 Å². The van der Waals surface area contributed by atoms with Crippen LogP contribution in [0.4, 0.5) is 0 Å². The van der Waals surface area contributed by atoms with Crippen molar-refractivity contribution in [1.82, 2.24) is 14.3 Å². The zero-order valence-electron chi connectivity index (χ0n) is 15.2. The molecule has 0 spiro atoms. The molecule has 2 heterocycles. The second kappa shape index (κ2) is 7.88. The quantitative estimate of drug-likeness (QED) is 0.656. The molecule has 0 unspecified atom stereocenters.